The molecule has 1 rings (SSSR count). The predicted molar refractivity (Wildman–Crippen MR) is 70.8 cm³/mol. The fourth-order valence-corrected chi connectivity index (χ4v) is 2.07. The number of nitrogens with two attached hydrogens (primary N) is 1. The van der Waals surface area contributed by atoms with Crippen molar-refractivity contribution in [3.8, 4) is 5.75 Å². The number of carboxylic acids is 1. The number of aliphatic carboxylic acids is 1. The van der Waals surface area contributed by atoms with Gasteiger partial charge >= 0.3 is 5.97 Å². The number of amides is 1. The van der Waals surface area contributed by atoms with Gasteiger partial charge in [-0.1, -0.05) is 0 Å². The normalized spacial score (nSPS) is 12.4. The third-order valence-corrected chi connectivity index (χ3v) is 3.96. The Morgan fingerprint density at radius 3 is 2.35 bits per heavy atom. The van der Waals surface area contributed by atoms with Gasteiger partial charge in [-0.15, -0.1) is 0 Å². The highest BCUT2D eigenvalue weighted by Gasteiger charge is 2.27. The first kappa shape index (κ1) is 15.8. The standard InChI is InChI=1S/C11H14N2O6S/c1-7(11(15)16)20(17,18)13-8-2-4-9(5-3-8)19-6-10(12)14/h2-5,7,13H,6H2,1H3,(H2,12,14)(H,15,16). The first-order valence-electron chi connectivity index (χ1n) is 5.48. The number of rotatable bonds is 7. The number of primary amides is 1. The van der Waals surface area contributed by atoms with Gasteiger partial charge in [-0.25, -0.2) is 8.42 Å². The van der Waals surface area contributed by atoms with Gasteiger partial charge in [0.25, 0.3) is 5.91 Å². The molecule has 4 N–H and O–H groups in total. The van der Waals surface area contributed by atoms with Crippen molar-refractivity contribution in [1.82, 2.24) is 0 Å². The van der Waals surface area contributed by atoms with Gasteiger partial charge in [-0.05, 0) is 31.2 Å². The zero-order chi connectivity index (χ0) is 15.3. The molecular formula is C11H14N2O6S. The molecule has 1 atom stereocenters. The molecule has 1 aromatic rings. The minimum atomic E-state index is -4.02. The number of sulfonamides is 1. The van der Waals surface area contributed by atoms with Crippen molar-refractivity contribution in [3.63, 3.8) is 0 Å². The quantitative estimate of drug-likeness (QED) is 0.636. The fraction of sp³-hybridized carbons (Fsp3) is 0.273. The minimum Gasteiger partial charge on any atom is -0.484 e. The topological polar surface area (TPSA) is 136 Å². The number of anilines is 1. The van der Waals surface area contributed by atoms with Crippen molar-refractivity contribution in [2.75, 3.05) is 11.3 Å². The highest BCUT2D eigenvalue weighted by atomic mass is 32.2. The summed E-state index contributed by atoms with van der Waals surface area (Å²) in [6.07, 6.45) is 0. The summed E-state index contributed by atoms with van der Waals surface area (Å²) < 4.78 is 30.4. The van der Waals surface area contributed by atoms with Gasteiger partial charge in [0.15, 0.2) is 11.9 Å². The van der Waals surface area contributed by atoms with Crippen LogP contribution in [0.1, 0.15) is 6.92 Å². The van der Waals surface area contributed by atoms with Crippen LogP contribution in [0, 0.1) is 0 Å². The summed E-state index contributed by atoms with van der Waals surface area (Å²) in [5.74, 6) is -1.75. The maximum Gasteiger partial charge on any atom is 0.323 e. The molecule has 0 aliphatic heterocycles. The Balaban J connectivity index is 2.75. The fourth-order valence-electron chi connectivity index (χ4n) is 1.16. The molecule has 0 saturated heterocycles. The van der Waals surface area contributed by atoms with E-state index in [0.29, 0.717) is 5.75 Å². The number of hydrogen-bond acceptors (Lipinski definition) is 5. The molecule has 0 bridgehead atoms. The van der Waals surface area contributed by atoms with Crippen LogP contribution in [-0.2, 0) is 19.6 Å². The van der Waals surface area contributed by atoms with Gasteiger partial charge in [0, 0.05) is 5.69 Å². The van der Waals surface area contributed by atoms with Gasteiger partial charge in [0.2, 0.25) is 10.0 Å². The minimum absolute atomic E-state index is 0.185. The highest BCUT2D eigenvalue weighted by molar-refractivity contribution is 7.94. The van der Waals surface area contributed by atoms with E-state index < -0.39 is 27.1 Å². The van der Waals surface area contributed by atoms with Crippen molar-refractivity contribution in [2.45, 2.75) is 12.2 Å². The molecule has 0 aliphatic carbocycles. The second kappa shape index (κ2) is 6.24. The van der Waals surface area contributed by atoms with Gasteiger partial charge in [0.1, 0.15) is 5.75 Å². The SMILES string of the molecule is CC(C(=O)O)S(=O)(=O)Nc1ccc(OCC(N)=O)cc1. The van der Waals surface area contributed by atoms with Crippen LogP contribution >= 0.6 is 0 Å². The summed E-state index contributed by atoms with van der Waals surface area (Å²) in [5, 5.41) is 7.10. The van der Waals surface area contributed by atoms with Crippen LogP contribution in [0.4, 0.5) is 5.69 Å². The lowest BCUT2D eigenvalue weighted by atomic mass is 10.3. The molecule has 0 aliphatic rings. The number of carbonyl (C=O) groups excluding carboxylic acids is 1. The molecule has 0 fully saturated rings. The summed E-state index contributed by atoms with van der Waals surface area (Å²) in [6, 6.07) is 5.60. The zero-order valence-corrected chi connectivity index (χ0v) is 11.4. The Morgan fingerprint density at radius 1 is 1.35 bits per heavy atom. The van der Waals surface area contributed by atoms with Crippen molar-refractivity contribution in [3.05, 3.63) is 24.3 Å². The monoisotopic (exact) mass is 302 g/mol. The number of benzene rings is 1. The highest BCUT2D eigenvalue weighted by Crippen LogP contribution is 2.17. The summed E-state index contributed by atoms with van der Waals surface area (Å²) in [5.41, 5.74) is 5.09. The van der Waals surface area contributed by atoms with E-state index in [1.807, 2.05) is 0 Å². The average molecular weight is 302 g/mol. The van der Waals surface area contributed by atoms with Gasteiger partial charge in [-0.3, -0.25) is 14.3 Å². The van der Waals surface area contributed by atoms with E-state index in [1.54, 1.807) is 0 Å². The number of hydrogen-bond donors (Lipinski definition) is 3. The molecule has 0 radical (unpaired) electrons. The first-order valence-corrected chi connectivity index (χ1v) is 7.02. The molecule has 0 aromatic heterocycles. The Bertz CT molecular complexity index is 596. The van der Waals surface area contributed by atoms with Crippen LogP contribution in [0.3, 0.4) is 0 Å². The van der Waals surface area contributed by atoms with E-state index in [0.717, 1.165) is 6.92 Å². The second-order valence-electron chi connectivity index (χ2n) is 3.91. The molecule has 8 nitrogen and oxygen atoms in total. The lowest BCUT2D eigenvalue weighted by molar-refractivity contribution is -0.136. The van der Waals surface area contributed by atoms with Gasteiger partial charge in [-0.2, -0.15) is 0 Å². The Morgan fingerprint density at radius 2 is 1.90 bits per heavy atom. The van der Waals surface area contributed by atoms with E-state index >= 15 is 0 Å². The van der Waals surface area contributed by atoms with E-state index in [1.165, 1.54) is 24.3 Å². The molecular weight excluding hydrogens is 288 g/mol. The summed E-state index contributed by atoms with van der Waals surface area (Å²) in [7, 11) is -4.02. The van der Waals surface area contributed by atoms with E-state index in [-0.39, 0.29) is 12.3 Å². The van der Waals surface area contributed by atoms with Crippen molar-refractivity contribution >= 4 is 27.6 Å². The summed E-state index contributed by atoms with van der Waals surface area (Å²) in [4.78, 5) is 21.2. The van der Waals surface area contributed by atoms with Crippen molar-refractivity contribution in [1.29, 1.82) is 0 Å². The smallest absolute Gasteiger partial charge is 0.323 e. The molecule has 110 valence electrons. The molecule has 0 heterocycles. The second-order valence-corrected chi connectivity index (χ2v) is 5.91. The zero-order valence-electron chi connectivity index (χ0n) is 10.6. The van der Waals surface area contributed by atoms with Crippen LogP contribution < -0.4 is 15.2 Å². The average Bonchev–Trinajstić information content (AvgIpc) is 2.36. The van der Waals surface area contributed by atoms with Crippen LogP contribution in [0.5, 0.6) is 5.75 Å². The third kappa shape index (κ3) is 4.43. The maximum atomic E-state index is 11.7. The number of carbonyl (C=O) groups is 2. The largest absolute Gasteiger partial charge is 0.484 e. The summed E-state index contributed by atoms with van der Waals surface area (Å²) in [6.45, 7) is 0.774. The van der Waals surface area contributed by atoms with Crippen LogP contribution in [0.25, 0.3) is 0 Å². The van der Waals surface area contributed by atoms with E-state index in [9.17, 15) is 18.0 Å². The van der Waals surface area contributed by atoms with Crippen molar-refractivity contribution < 1.29 is 27.9 Å². The molecule has 0 saturated carbocycles. The van der Waals surface area contributed by atoms with Crippen LogP contribution in [-0.4, -0.2) is 37.3 Å². The van der Waals surface area contributed by atoms with Crippen LogP contribution in [0.2, 0.25) is 0 Å². The molecule has 1 aromatic carbocycles. The third-order valence-electron chi connectivity index (χ3n) is 2.31. The summed E-state index contributed by atoms with van der Waals surface area (Å²) >= 11 is 0. The van der Waals surface area contributed by atoms with Gasteiger partial charge in [0.05, 0.1) is 0 Å². The van der Waals surface area contributed by atoms with Crippen LogP contribution in [0.15, 0.2) is 24.3 Å². The Labute approximate surface area is 115 Å². The Kier molecular flexibility index (Phi) is 4.92. The van der Waals surface area contributed by atoms with E-state index in [2.05, 4.69) is 4.72 Å². The van der Waals surface area contributed by atoms with Crippen molar-refractivity contribution in [2.24, 2.45) is 5.73 Å². The molecule has 1 unspecified atom stereocenters. The number of nitrogens with one attached hydrogen (secondary N) is 1. The lowest BCUT2D eigenvalue weighted by Crippen LogP contribution is -2.32. The lowest BCUT2D eigenvalue weighted by Gasteiger charge is -2.11. The molecule has 9 heteroatoms. The number of ether oxygens (including phenoxy) is 1. The van der Waals surface area contributed by atoms with E-state index in [4.69, 9.17) is 15.6 Å². The Hall–Kier alpha value is -2.29. The first-order chi connectivity index (χ1) is 9.22. The molecule has 0 spiro atoms. The van der Waals surface area contributed by atoms with Gasteiger partial charge < -0.3 is 15.6 Å². The molecule has 20 heavy (non-hydrogen) atoms. The molecule has 1 amide bonds. The predicted octanol–water partition coefficient (Wildman–Crippen LogP) is -0.234. The maximum absolute atomic E-state index is 11.7. The number of carboxylic acid groups (broad SMARTS) is 1.